The molecule has 12 heteroatoms. The molecule has 0 bridgehead atoms. The first kappa shape index (κ1) is 46.9. The first-order valence-corrected chi connectivity index (χ1v) is 34.8. The van der Waals surface area contributed by atoms with Crippen LogP contribution in [0.3, 0.4) is 0 Å². The van der Waals surface area contributed by atoms with Gasteiger partial charge in [0.2, 0.25) is 0 Å². The Morgan fingerprint density at radius 1 is 0.403 bits per heavy atom. The zero-order valence-electron chi connectivity index (χ0n) is 34.5. The van der Waals surface area contributed by atoms with Gasteiger partial charge in [0.1, 0.15) is 0 Å². The van der Waals surface area contributed by atoms with Crippen molar-refractivity contribution in [2.45, 2.75) is 52.4 Å². The van der Waals surface area contributed by atoms with Gasteiger partial charge in [0.05, 0.1) is 0 Å². The Labute approximate surface area is 404 Å². The van der Waals surface area contributed by atoms with Gasteiger partial charge in [-0.2, -0.15) is 0 Å². The molecular formula is C50H48I2N2O2P2S4. The van der Waals surface area contributed by atoms with Crippen LogP contribution in [0.25, 0.3) is 22.3 Å². The maximum atomic E-state index is 12.9. The third-order valence-corrected chi connectivity index (χ3v) is 25.6. The van der Waals surface area contributed by atoms with Crippen LogP contribution in [0.2, 0.25) is 0 Å². The summed E-state index contributed by atoms with van der Waals surface area (Å²) in [4.78, 5) is 4.46. The molecule has 7 aromatic carbocycles. The lowest BCUT2D eigenvalue weighted by Gasteiger charge is -2.28. The highest BCUT2D eigenvalue weighted by molar-refractivity contribution is 14.2. The van der Waals surface area contributed by atoms with Gasteiger partial charge in [-0.1, -0.05) is 99.5 Å². The second-order valence-corrected chi connectivity index (χ2v) is 40.6. The quantitative estimate of drug-likeness (QED) is 0.0435. The molecule has 4 unspecified atom stereocenters. The van der Waals surface area contributed by atoms with Gasteiger partial charge in [0, 0.05) is 44.7 Å². The number of rotatable bonds is 16. The van der Waals surface area contributed by atoms with E-state index in [1.54, 1.807) is 0 Å². The maximum absolute atomic E-state index is 12.9. The molecular weight excluding hydrogens is 1100 g/mol. The largest absolute Gasteiger partial charge is 0.311 e. The van der Waals surface area contributed by atoms with Crippen molar-refractivity contribution in [3.8, 4) is 22.3 Å². The van der Waals surface area contributed by atoms with Crippen molar-refractivity contribution in [3.05, 3.63) is 181 Å². The summed E-state index contributed by atoms with van der Waals surface area (Å²) in [5.41, 5.74) is 13.4. The molecule has 0 aromatic heterocycles. The number of unbranched alkanes of at least 4 members (excludes halogenated alkanes) is 2. The molecule has 318 valence electrons. The lowest BCUT2D eigenvalue weighted by Crippen LogP contribution is -2.13. The van der Waals surface area contributed by atoms with Crippen molar-refractivity contribution in [2.75, 3.05) is 9.80 Å². The monoisotopic (exact) mass is 1150 g/mol. The highest BCUT2D eigenvalue weighted by atomic mass is 127. The second kappa shape index (κ2) is 22.7. The summed E-state index contributed by atoms with van der Waals surface area (Å²) in [5.74, 6) is -2.08. The summed E-state index contributed by atoms with van der Waals surface area (Å²) in [5, 5.41) is 1.51. The van der Waals surface area contributed by atoms with Gasteiger partial charge in [-0.15, -0.1) is 0 Å². The van der Waals surface area contributed by atoms with E-state index in [2.05, 4.69) is 187 Å². The van der Waals surface area contributed by atoms with Crippen LogP contribution in [0, 0.1) is 0 Å². The van der Waals surface area contributed by atoms with E-state index in [0.717, 1.165) is 57.6 Å². The van der Waals surface area contributed by atoms with Crippen LogP contribution in [0.1, 0.15) is 50.7 Å². The molecule has 0 heterocycles. The molecule has 0 amide bonds. The second-order valence-electron chi connectivity index (χ2n) is 14.9. The molecule has 0 radical (unpaired) electrons. The average Bonchev–Trinajstić information content (AvgIpc) is 3.31. The highest BCUT2D eigenvalue weighted by Crippen LogP contribution is 2.40. The van der Waals surface area contributed by atoms with Gasteiger partial charge in [-0.25, -0.2) is 0 Å². The summed E-state index contributed by atoms with van der Waals surface area (Å²) < 4.78 is 25.9. The Bertz CT molecular complexity index is 2710. The van der Waals surface area contributed by atoms with E-state index >= 15 is 0 Å². The van der Waals surface area contributed by atoms with Gasteiger partial charge in [-0.05, 0) is 233 Å². The fourth-order valence-corrected chi connectivity index (χ4v) is 16.6. The first-order chi connectivity index (χ1) is 30.1. The van der Waals surface area contributed by atoms with Crippen molar-refractivity contribution < 1.29 is 9.13 Å². The Morgan fingerprint density at radius 3 is 0.871 bits per heavy atom. The van der Waals surface area contributed by atoms with E-state index in [1.165, 1.54) is 59.1 Å². The van der Waals surface area contributed by atoms with Crippen LogP contribution in [0.5, 0.6) is 0 Å². The van der Waals surface area contributed by atoms with Gasteiger partial charge in [0.15, 0.2) is 13.2 Å². The fraction of sp³-hybridized carbons (Fsp3) is 0.160. The molecule has 0 aliphatic rings. The molecule has 4 atom stereocenters. The lowest BCUT2D eigenvalue weighted by atomic mass is 10.0. The van der Waals surface area contributed by atoms with Crippen molar-refractivity contribution in [3.63, 3.8) is 0 Å². The number of aryl methyl sites for hydroxylation is 2. The molecule has 0 aliphatic carbocycles. The molecule has 7 rings (SSSR count). The summed E-state index contributed by atoms with van der Waals surface area (Å²) in [6.07, 6.45) is 7.01. The minimum absolute atomic E-state index is 0.753. The molecule has 0 spiro atoms. The zero-order chi connectivity index (χ0) is 43.6. The molecule has 0 saturated carbocycles. The average molecular weight is 1150 g/mol. The van der Waals surface area contributed by atoms with Gasteiger partial charge < -0.3 is 9.80 Å². The molecule has 0 N–H and O–H groups in total. The van der Waals surface area contributed by atoms with Crippen molar-refractivity contribution in [1.29, 1.82) is 0 Å². The predicted molar refractivity (Wildman–Crippen MR) is 299 cm³/mol. The summed E-state index contributed by atoms with van der Waals surface area (Å²) >= 11 is 15.0. The molecule has 62 heavy (non-hydrogen) atoms. The molecule has 0 saturated heterocycles. The molecule has 0 aliphatic heterocycles. The van der Waals surface area contributed by atoms with Crippen LogP contribution in [-0.4, -0.2) is 0 Å². The fourth-order valence-electron chi connectivity index (χ4n) is 7.38. The smallest absolute Gasteiger partial charge is 0.166 e. The normalized spacial score (nSPS) is 12.6. The van der Waals surface area contributed by atoms with E-state index in [0.29, 0.717) is 0 Å². The van der Waals surface area contributed by atoms with E-state index < -0.39 is 24.8 Å². The van der Waals surface area contributed by atoms with Crippen LogP contribution in [0.15, 0.2) is 170 Å². The third-order valence-electron chi connectivity index (χ3n) is 10.8. The number of nitrogens with zero attached hydrogens (tertiary/aromatic N) is 2. The topological polar surface area (TPSA) is 40.6 Å². The van der Waals surface area contributed by atoms with Crippen molar-refractivity contribution in [2.24, 2.45) is 0 Å². The Morgan fingerprint density at radius 2 is 0.629 bits per heavy atom. The van der Waals surface area contributed by atoms with Gasteiger partial charge in [0.25, 0.3) is 0 Å². The number of halogens is 2. The summed E-state index contributed by atoms with van der Waals surface area (Å²) in [6, 6.07) is 59.9. The Balaban J connectivity index is 1.26. The highest BCUT2D eigenvalue weighted by Gasteiger charge is 2.17. The molecule has 0 fully saturated rings. The lowest BCUT2D eigenvalue weighted by molar-refractivity contribution is 0.601. The minimum atomic E-state index is -1.64. The minimum Gasteiger partial charge on any atom is -0.311 e. The summed E-state index contributed by atoms with van der Waals surface area (Å²) in [7, 11) is 0. The van der Waals surface area contributed by atoms with Crippen LogP contribution in [0.4, 0.5) is 34.1 Å². The van der Waals surface area contributed by atoms with Crippen LogP contribution in [-0.2, 0) is 56.0 Å². The van der Waals surface area contributed by atoms with Gasteiger partial charge in [-0.3, -0.25) is 9.13 Å². The van der Waals surface area contributed by atoms with Crippen molar-refractivity contribution >= 4 is 134 Å². The standard InChI is InChI=1S/C50H48I2N2O2P2S4/c1-3-5-7-37-9-13-39(14-10-37)41-17-21-43(22-18-41)53(44-23-19-42(20-24-44)40-15-11-38(12-16-40)8-6-4-2)45-25-27-46(28-26-45)54(47-29-33-49(34-30-47)57(55)61(51)59)48-31-35-50(36-32-48)58(56)62(52)60/h9-36,61-62H,3-8H2,1-2H3. The SMILES string of the molecule is CCCCc1ccc(-c2ccc(N(c3ccc(-c4ccc(CCCC)cc4)cc3)c3ccc(N(c4ccc(P(=O)=[SH](=S)I)cc4)c4ccc(P(=O)=[SH](=S)I)cc4)cc3)cc2)cc1. The van der Waals surface area contributed by atoms with Crippen LogP contribution < -0.4 is 20.4 Å². The Kier molecular flexibility index (Phi) is 17.2. The van der Waals surface area contributed by atoms with E-state index in [9.17, 15) is 9.13 Å². The number of hydrogen-bond donors (Lipinski definition) is 2. The number of thiol groups is 2. The van der Waals surface area contributed by atoms with E-state index in [1.807, 2.05) is 48.5 Å². The zero-order valence-corrected chi connectivity index (χ0v) is 44.0. The summed E-state index contributed by atoms with van der Waals surface area (Å²) in [6.45, 7) is 1.19. The molecule has 4 nitrogen and oxygen atoms in total. The first-order valence-electron chi connectivity index (χ1n) is 20.6. The Hall–Kier alpha value is -3.06. The number of anilines is 6. The van der Waals surface area contributed by atoms with E-state index in [4.69, 9.17) is 22.4 Å². The van der Waals surface area contributed by atoms with Gasteiger partial charge >= 0.3 is 0 Å². The number of benzene rings is 7. The van der Waals surface area contributed by atoms with Crippen molar-refractivity contribution in [1.82, 2.24) is 0 Å². The predicted octanol–water partition coefficient (Wildman–Crippen LogP) is 15.7. The number of hydrogen-bond acceptors (Lipinski definition) is 6. The maximum Gasteiger partial charge on any atom is 0.166 e. The van der Waals surface area contributed by atoms with Crippen LogP contribution >= 0.6 is 55.6 Å². The van der Waals surface area contributed by atoms with E-state index in [-0.39, 0.29) is 0 Å². The molecule has 7 aromatic rings. The third kappa shape index (κ3) is 11.8.